The van der Waals surface area contributed by atoms with Crippen molar-refractivity contribution >= 4 is 11.6 Å². The van der Waals surface area contributed by atoms with E-state index in [1.54, 1.807) is 7.11 Å². The molecule has 0 saturated carbocycles. The minimum atomic E-state index is -0.312. The second-order valence-corrected chi connectivity index (χ2v) is 3.31. The lowest BCUT2D eigenvalue weighted by Crippen LogP contribution is -2.17. The molecule has 0 bridgehead atoms. The Kier molecular flexibility index (Phi) is 5.57. The minimum absolute atomic E-state index is 0.312. The van der Waals surface area contributed by atoms with E-state index in [4.69, 9.17) is 21.2 Å². The van der Waals surface area contributed by atoms with E-state index in [1.165, 1.54) is 18.2 Å². The van der Waals surface area contributed by atoms with Crippen molar-refractivity contribution in [2.75, 3.05) is 20.3 Å². The molecule has 15 heavy (non-hydrogen) atoms. The highest BCUT2D eigenvalue weighted by Crippen LogP contribution is 2.16. The molecule has 1 aromatic rings. The van der Waals surface area contributed by atoms with Crippen molar-refractivity contribution in [2.24, 2.45) is 0 Å². The van der Waals surface area contributed by atoms with Crippen LogP contribution in [0.15, 0.2) is 18.2 Å². The number of methoxy groups -OCH3 is 1. The van der Waals surface area contributed by atoms with Crippen LogP contribution in [0, 0.1) is 5.82 Å². The Hall–Kier alpha value is -0.680. The molecule has 0 unspecified atom stereocenters. The summed E-state index contributed by atoms with van der Waals surface area (Å²) in [5.74, 6) is -0.312. The zero-order chi connectivity index (χ0) is 11.1. The number of halogens is 2. The van der Waals surface area contributed by atoms with E-state index in [0.717, 1.165) is 0 Å². The highest BCUT2D eigenvalue weighted by molar-refractivity contribution is 6.31. The van der Waals surface area contributed by atoms with E-state index in [0.29, 0.717) is 30.3 Å². The average Bonchev–Trinajstić information content (AvgIpc) is 2.23. The molecule has 0 spiro atoms. The highest BCUT2D eigenvalue weighted by atomic mass is 35.5. The molecule has 0 aromatic heterocycles. The van der Waals surface area contributed by atoms with Crippen LogP contribution >= 0.6 is 11.6 Å². The van der Waals surface area contributed by atoms with Crippen molar-refractivity contribution in [2.45, 2.75) is 6.54 Å². The molecule has 1 aromatic carbocycles. The SMILES string of the molecule is COCCONCc1cc(F)ccc1Cl. The van der Waals surface area contributed by atoms with Gasteiger partial charge in [-0.1, -0.05) is 11.6 Å². The molecule has 0 amide bonds. The van der Waals surface area contributed by atoms with E-state index in [9.17, 15) is 4.39 Å². The standard InChI is InChI=1S/C10H13ClFNO2/c1-14-4-5-15-13-7-8-6-9(12)2-3-10(8)11/h2-3,6,13H,4-5,7H2,1H3. The quantitative estimate of drug-likeness (QED) is 0.603. The van der Waals surface area contributed by atoms with Gasteiger partial charge in [0.1, 0.15) is 5.82 Å². The van der Waals surface area contributed by atoms with Gasteiger partial charge in [0.15, 0.2) is 0 Å². The van der Waals surface area contributed by atoms with E-state index in [-0.39, 0.29) is 5.82 Å². The molecule has 1 rings (SSSR count). The molecular formula is C10H13ClFNO2. The first-order valence-corrected chi connectivity index (χ1v) is 4.89. The third-order valence-electron chi connectivity index (χ3n) is 1.76. The Balaban J connectivity index is 2.33. The van der Waals surface area contributed by atoms with Gasteiger partial charge in [-0.05, 0) is 23.8 Å². The molecule has 0 radical (unpaired) electrons. The predicted molar refractivity (Wildman–Crippen MR) is 56.1 cm³/mol. The van der Waals surface area contributed by atoms with Gasteiger partial charge in [0, 0.05) is 18.7 Å². The van der Waals surface area contributed by atoms with Gasteiger partial charge in [-0.25, -0.2) is 4.39 Å². The summed E-state index contributed by atoms with van der Waals surface area (Å²) in [7, 11) is 1.59. The van der Waals surface area contributed by atoms with Gasteiger partial charge in [0.25, 0.3) is 0 Å². The van der Waals surface area contributed by atoms with Crippen molar-refractivity contribution in [3.8, 4) is 0 Å². The van der Waals surface area contributed by atoms with E-state index in [2.05, 4.69) is 5.48 Å². The monoisotopic (exact) mass is 233 g/mol. The van der Waals surface area contributed by atoms with Gasteiger partial charge in [-0.3, -0.25) is 4.84 Å². The predicted octanol–water partition coefficient (Wildman–Crippen LogP) is 2.15. The molecule has 1 N–H and O–H groups in total. The number of benzene rings is 1. The summed E-state index contributed by atoms with van der Waals surface area (Å²) in [6.45, 7) is 1.30. The van der Waals surface area contributed by atoms with E-state index in [1.807, 2.05) is 0 Å². The molecule has 0 atom stereocenters. The summed E-state index contributed by atoms with van der Waals surface area (Å²) in [5, 5.41) is 0.513. The number of hydrogen-bond acceptors (Lipinski definition) is 3. The first-order chi connectivity index (χ1) is 7.24. The van der Waals surface area contributed by atoms with Crippen molar-refractivity contribution in [1.82, 2.24) is 5.48 Å². The Morgan fingerprint density at radius 3 is 2.93 bits per heavy atom. The lowest BCUT2D eigenvalue weighted by atomic mass is 10.2. The molecule has 5 heteroatoms. The van der Waals surface area contributed by atoms with Gasteiger partial charge < -0.3 is 4.74 Å². The van der Waals surface area contributed by atoms with Crippen LogP contribution in [0.3, 0.4) is 0 Å². The topological polar surface area (TPSA) is 30.5 Å². The summed E-state index contributed by atoms with van der Waals surface area (Å²) >= 11 is 5.85. The molecule has 0 fully saturated rings. The molecule has 0 heterocycles. The summed E-state index contributed by atoms with van der Waals surface area (Å²) in [6, 6.07) is 4.20. The molecule has 0 aliphatic carbocycles. The zero-order valence-corrected chi connectivity index (χ0v) is 9.18. The van der Waals surface area contributed by atoms with E-state index >= 15 is 0 Å². The van der Waals surface area contributed by atoms with Crippen LogP contribution in [0.4, 0.5) is 4.39 Å². The van der Waals surface area contributed by atoms with Crippen LogP contribution in [0.2, 0.25) is 5.02 Å². The van der Waals surface area contributed by atoms with Crippen molar-refractivity contribution in [3.05, 3.63) is 34.6 Å². The van der Waals surface area contributed by atoms with Crippen molar-refractivity contribution in [3.63, 3.8) is 0 Å². The van der Waals surface area contributed by atoms with Gasteiger partial charge in [0.05, 0.1) is 13.2 Å². The number of hydrogen-bond donors (Lipinski definition) is 1. The van der Waals surface area contributed by atoms with Crippen molar-refractivity contribution < 1.29 is 14.0 Å². The van der Waals surface area contributed by atoms with Gasteiger partial charge in [0.2, 0.25) is 0 Å². The summed E-state index contributed by atoms with van der Waals surface area (Å²) in [5.41, 5.74) is 3.33. The third kappa shape index (κ3) is 4.57. The maximum atomic E-state index is 12.8. The Bertz CT molecular complexity index is 309. The van der Waals surface area contributed by atoms with E-state index < -0.39 is 0 Å². The number of rotatable bonds is 6. The molecular weight excluding hydrogens is 221 g/mol. The van der Waals surface area contributed by atoms with Crippen LogP contribution in [0.25, 0.3) is 0 Å². The number of ether oxygens (including phenoxy) is 1. The molecule has 0 saturated heterocycles. The first kappa shape index (κ1) is 12.4. The maximum Gasteiger partial charge on any atom is 0.123 e. The first-order valence-electron chi connectivity index (χ1n) is 4.51. The summed E-state index contributed by atoms with van der Waals surface area (Å²) < 4.78 is 17.6. The lowest BCUT2D eigenvalue weighted by molar-refractivity contribution is 0.00345. The Labute approximate surface area is 93.1 Å². The fourth-order valence-electron chi connectivity index (χ4n) is 1.00. The van der Waals surface area contributed by atoms with Crippen LogP contribution in [-0.4, -0.2) is 20.3 Å². The Morgan fingerprint density at radius 1 is 1.40 bits per heavy atom. The molecule has 0 aliphatic rings. The third-order valence-corrected chi connectivity index (χ3v) is 2.13. The minimum Gasteiger partial charge on any atom is -0.382 e. The van der Waals surface area contributed by atoms with Gasteiger partial charge in [-0.2, -0.15) is 5.48 Å². The smallest absolute Gasteiger partial charge is 0.123 e. The molecule has 3 nitrogen and oxygen atoms in total. The Morgan fingerprint density at radius 2 is 2.20 bits per heavy atom. The zero-order valence-electron chi connectivity index (χ0n) is 8.43. The fraction of sp³-hybridized carbons (Fsp3) is 0.400. The average molecular weight is 234 g/mol. The van der Waals surface area contributed by atoms with Crippen molar-refractivity contribution in [1.29, 1.82) is 0 Å². The number of hydroxylamine groups is 1. The molecule has 84 valence electrons. The van der Waals surface area contributed by atoms with Crippen LogP contribution in [-0.2, 0) is 16.1 Å². The normalized spacial score (nSPS) is 10.6. The fourth-order valence-corrected chi connectivity index (χ4v) is 1.19. The second-order valence-electron chi connectivity index (χ2n) is 2.90. The van der Waals surface area contributed by atoms with Crippen LogP contribution in [0.1, 0.15) is 5.56 Å². The molecule has 0 aliphatic heterocycles. The van der Waals surface area contributed by atoms with Gasteiger partial charge >= 0.3 is 0 Å². The highest BCUT2D eigenvalue weighted by Gasteiger charge is 2.01. The van der Waals surface area contributed by atoms with Crippen LogP contribution < -0.4 is 5.48 Å². The second kappa shape index (κ2) is 6.74. The van der Waals surface area contributed by atoms with Gasteiger partial charge in [-0.15, -0.1) is 0 Å². The largest absolute Gasteiger partial charge is 0.382 e. The maximum absolute atomic E-state index is 12.8. The number of nitrogens with one attached hydrogen (secondary N) is 1. The van der Waals surface area contributed by atoms with Crippen LogP contribution in [0.5, 0.6) is 0 Å². The summed E-state index contributed by atoms with van der Waals surface area (Å²) in [4.78, 5) is 5.02. The lowest BCUT2D eigenvalue weighted by Gasteiger charge is -2.07. The summed E-state index contributed by atoms with van der Waals surface area (Å²) in [6.07, 6.45) is 0.